The van der Waals surface area contributed by atoms with Gasteiger partial charge in [-0.1, -0.05) is 53.5 Å². The number of hydrogen-bond donors (Lipinski definition) is 0. The number of aromatic nitrogens is 1. The highest BCUT2D eigenvalue weighted by atomic mass is 35.5. The van der Waals surface area contributed by atoms with Crippen molar-refractivity contribution < 1.29 is 9.53 Å². The zero-order valence-electron chi connectivity index (χ0n) is 10.9. The van der Waals surface area contributed by atoms with Gasteiger partial charge in [0.2, 0.25) is 0 Å². The molecule has 2 aromatic rings. The molecule has 0 aliphatic rings. The van der Waals surface area contributed by atoms with Gasteiger partial charge in [0.1, 0.15) is 10.3 Å². The van der Waals surface area contributed by atoms with E-state index < -0.39 is 5.92 Å². The molecule has 0 amide bonds. The Labute approximate surface area is 127 Å². The minimum absolute atomic E-state index is 0.214. The summed E-state index contributed by atoms with van der Waals surface area (Å²) in [5, 5.41) is 2.09. The third kappa shape index (κ3) is 2.65. The quantitative estimate of drug-likeness (QED) is 0.478. The molecule has 0 aliphatic heterocycles. The van der Waals surface area contributed by atoms with Crippen molar-refractivity contribution in [2.45, 2.75) is 12.3 Å². The van der Waals surface area contributed by atoms with Crippen molar-refractivity contribution >= 4 is 39.9 Å². The maximum atomic E-state index is 12.0. The Balaban J connectivity index is 2.74. The number of carbonyl (C=O) groups excluding carboxylic acids is 1. The molecule has 1 aromatic heterocycles. The molecule has 1 aromatic carbocycles. The van der Waals surface area contributed by atoms with Crippen LogP contribution in [0.4, 0.5) is 0 Å². The minimum Gasteiger partial charge on any atom is -0.469 e. The van der Waals surface area contributed by atoms with Gasteiger partial charge in [0.15, 0.2) is 0 Å². The van der Waals surface area contributed by atoms with Crippen LogP contribution in [-0.4, -0.2) is 18.1 Å². The van der Waals surface area contributed by atoms with Gasteiger partial charge >= 0.3 is 5.97 Å². The number of allylic oxidation sites excluding steroid dienone is 1. The molecule has 0 aliphatic carbocycles. The van der Waals surface area contributed by atoms with Crippen LogP contribution in [0.2, 0.25) is 10.3 Å². The number of ether oxygens (including phenoxy) is 1. The summed E-state index contributed by atoms with van der Waals surface area (Å²) in [6.45, 7) is 3.67. The lowest BCUT2D eigenvalue weighted by Gasteiger charge is -2.17. The molecule has 3 nitrogen and oxygen atoms in total. The van der Waals surface area contributed by atoms with Gasteiger partial charge in [-0.15, -0.1) is 6.58 Å². The van der Waals surface area contributed by atoms with Gasteiger partial charge < -0.3 is 4.74 Å². The van der Waals surface area contributed by atoms with Crippen LogP contribution in [0.5, 0.6) is 0 Å². The fourth-order valence-corrected chi connectivity index (χ4v) is 2.80. The number of esters is 1. The molecule has 1 heterocycles. The molecule has 1 atom stereocenters. The Morgan fingerprint density at radius 1 is 1.35 bits per heavy atom. The van der Waals surface area contributed by atoms with Crippen molar-refractivity contribution in [3.8, 4) is 0 Å². The van der Waals surface area contributed by atoms with E-state index in [1.54, 1.807) is 6.08 Å². The van der Waals surface area contributed by atoms with Gasteiger partial charge in [0.25, 0.3) is 0 Å². The average molecular weight is 310 g/mol. The lowest BCUT2D eigenvalue weighted by molar-refractivity contribution is -0.142. The van der Waals surface area contributed by atoms with Gasteiger partial charge in [0, 0.05) is 10.9 Å². The fraction of sp³-hybridized carbons (Fsp3) is 0.200. The predicted octanol–water partition coefficient (Wildman–Crippen LogP) is 4.37. The molecule has 20 heavy (non-hydrogen) atoms. The second-order valence-corrected chi connectivity index (χ2v) is 4.97. The summed E-state index contributed by atoms with van der Waals surface area (Å²) >= 11 is 12.3. The molecule has 0 bridgehead atoms. The van der Waals surface area contributed by atoms with Crippen molar-refractivity contribution in [2.75, 3.05) is 7.11 Å². The Morgan fingerprint density at radius 2 is 2.00 bits per heavy atom. The van der Waals surface area contributed by atoms with Gasteiger partial charge in [-0.3, -0.25) is 4.79 Å². The van der Waals surface area contributed by atoms with E-state index in [9.17, 15) is 4.79 Å². The summed E-state index contributed by atoms with van der Waals surface area (Å²) in [7, 11) is 1.35. The van der Waals surface area contributed by atoms with Crippen LogP contribution in [-0.2, 0) is 9.53 Å². The van der Waals surface area contributed by atoms with Crippen molar-refractivity contribution in [3.63, 3.8) is 0 Å². The number of halogens is 2. The van der Waals surface area contributed by atoms with Crippen molar-refractivity contribution in [1.29, 1.82) is 0 Å². The molecule has 0 spiro atoms. The van der Waals surface area contributed by atoms with Crippen LogP contribution in [0.3, 0.4) is 0 Å². The number of carbonyl (C=O) groups is 1. The number of nitrogens with zero attached hydrogens (tertiary/aromatic N) is 1. The maximum absolute atomic E-state index is 12.0. The number of methoxy groups -OCH3 is 1. The molecule has 1 unspecified atom stereocenters. The van der Waals surface area contributed by atoms with E-state index in [2.05, 4.69) is 11.6 Å². The van der Waals surface area contributed by atoms with E-state index in [0.717, 1.165) is 10.8 Å². The molecule has 0 fully saturated rings. The zero-order valence-corrected chi connectivity index (χ0v) is 12.4. The smallest absolute Gasteiger partial charge is 0.313 e. The zero-order chi connectivity index (χ0) is 14.7. The molecule has 0 saturated heterocycles. The minimum atomic E-state index is -0.542. The summed E-state index contributed by atoms with van der Waals surface area (Å²) in [6, 6.07) is 7.42. The third-order valence-corrected chi connectivity index (χ3v) is 3.67. The molecule has 2 rings (SSSR count). The maximum Gasteiger partial charge on any atom is 0.313 e. The first-order valence-corrected chi connectivity index (χ1v) is 6.78. The lowest BCUT2D eigenvalue weighted by atomic mass is 9.93. The summed E-state index contributed by atoms with van der Waals surface area (Å²) in [6.07, 6.45) is 2.07. The highest BCUT2D eigenvalue weighted by molar-refractivity contribution is 6.37. The normalized spacial score (nSPS) is 12.2. The Bertz CT molecular complexity index is 670. The van der Waals surface area contributed by atoms with Gasteiger partial charge in [-0.25, -0.2) is 4.98 Å². The van der Waals surface area contributed by atoms with E-state index in [4.69, 9.17) is 27.9 Å². The largest absolute Gasteiger partial charge is 0.469 e. The predicted molar refractivity (Wildman–Crippen MR) is 81.3 cm³/mol. The van der Waals surface area contributed by atoms with E-state index in [0.29, 0.717) is 17.1 Å². The standard InChI is InChI=1S/C15H13Cl2NO2/c1-3-6-11(15(19)20-2)12-9-7-4-5-8-10(9)13(16)18-14(12)17/h3-5,7-8,11H,1,6H2,2H3. The Morgan fingerprint density at radius 3 is 2.60 bits per heavy atom. The molecule has 5 heteroatoms. The second-order valence-electron chi connectivity index (χ2n) is 4.25. The van der Waals surface area contributed by atoms with Crippen LogP contribution in [0.1, 0.15) is 17.9 Å². The highest BCUT2D eigenvalue weighted by Gasteiger charge is 2.26. The Kier molecular flexibility index (Phi) is 4.63. The van der Waals surface area contributed by atoms with Gasteiger partial charge in [-0.2, -0.15) is 0 Å². The van der Waals surface area contributed by atoms with Crippen LogP contribution < -0.4 is 0 Å². The number of rotatable bonds is 4. The first kappa shape index (κ1) is 14.8. The van der Waals surface area contributed by atoms with E-state index in [-0.39, 0.29) is 11.1 Å². The topological polar surface area (TPSA) is 39.2 Å². The molecule has 104 valence electrons. The second kappa shape index (κ2) is 6.25. The number of benzene rings is 1. The Hall–Kier alpha value is -1.58. The van der Waals surface area contributed by atoms with E-state index in [1.807, 2.05) is 24.3 Å². The van der Waals surface area contributed by atoms with Crippen molar-refractivity contribution in [3.05, 3.63) is 52.8 Å². The first-order valence-electron chi connectivity index (χ1n) is 6.02. The van der Waals surface area contributed by atoms with E-state index in [1.165, 1.54) is 7.11 Å². The summed E-state index contributed by atoms with van der Waals surface area (Å²) < 4.78 is 4.85. The number of fused-ring (bicyclic) bond motifs is 1. The average Bonchev–Trinajstić information content (AvgIpc) is 2.45. The van der Waals surface area contributed by atoms with Crippen molar-refractivity contribution in [2.24, 2.45) is 0 Å². The summed E-state index contributed by atoms with van der Waals surface area (Å²) in [4.78, 5) is 16.1. The van der Waals surface area contributed by atoms with E-state index >= 15 is 0 Å². The highest BCUT2D eigenvalue weighted by Crippen LogP contribution is 2.36. The molecule has 0 saturated carbocycles. The summed E-state index contributed by atoms with van der Waals surface area (Å²) in [5.41, 5.74) is 0.624. The van der Waals surface area contributed by atoms with Gasteiger partial charge in [0.05, 0.1) is 13.0 Å². The monoisotopic (exact) mass is 309 g/mol. The molecular formula is C15H13Cl2NO2. The number of pyridine rings is 1. The third-order valence-electron chi connectivity index (χ3n) is 3.09. The van der Waals surface area contributed by atoms with Gasteiger partial charge in [-0.05, 0) is 11.8 Å². The molecular weight excluding hydrogens is 297 g/mol. The van der Waals surface area contributed by atoms with Crippen LogP contribution in [0, 0.1) is 0 Å². The summed E-state index contributed by atoms with van der Waals surface area (Å²) in [5.74, 6) is -0.916. The molecule has 0 N–H and O–H groups in total. The lowest BCUT2D eigenvalue weighted by Crippen LogP contribution is -2.15. The SMILES string of the molecule is C=CCC(C(=O)OC)c1c(Cl)nc(Cl)c2ccccc12. The van der Waals surface area contributed by atoms with Crippen LogP contribution in [0.25, 0.3) is 10.8 Å². The first-order chi connectivity index (χ1) is 9.60. The van der Waals surface area contributed by atoms with Crippen LogP contribution in [0.15, 0.2) is 36.9 Å². The number of hydrogen-bond acceptors (Lipinski definition) is 3. The van der Waals surface area contributed by atoms with Crippen LogP contribution >= 0.6 is 23.2 Å². The van der Waals surface area contributed by atoms with Crippen molar-refractivity contribution in [1.82, 2.24) is 4.98 Å². The fourth-order valence-electron chi connectivity index (χ4n) is 2.19. The molecule has 0 radical (unpaired) electrons.